The molecule has 0 bridgehead atoms. The van der Waals surface area contributed by atoms with E-state index in [4.69, 9.17) is 5.26 Å². The molecule has 1 fully saturated rings. The Balaban J connectivity index is 0.00000220. The monoisotopic (exact) mass is 346 g/mol. The van der Waals surface area contributed by atoms with Crippen LogP contribution in [0.1, 0.15) is 25.1 Å². The van der Waals surface area contributed by atoms with E-state index in [1.54, 1.807) is 0 Å². The van der Waals surface area contributed by atoms with Crippen molar-refractivity contribution in [1.29, 1.82) is 5.26 Å². The van der Waals surface area contributed by atoms with Gasteiger partial charge >= 0.3 is 0 Å². The predicted molar refractivity (Wildman–Crippen MR) is 95.7 cm³/mol. The first-order chi connectivity index (χ1) is 9.42. The van der Waals surface area contributed by atoms with Gasteiger partial charge in [0, 0.05) is 38.9 Å². The Labute approximate surface area is 146 Å². The van der Waals surface area contributed by atoms with Gasteiger partial charge in [-0.15, -0.1) is 24.8 Å². The van der Waals surface area contributed by atoms with Crippen LogP contribution in [-0.2, 0) is 13.6 Å². The number of aryl methyl sites for hydroxylation is 1. The summed E-state index contributed by atoms with van der Waals surface area (Å²) in [5.74, 6) is 1.43. The van der Waals surface area contributed by atoms with E-state index in [-0.39, 0.29) is 24.8 Å². The highest BCUT2D eigenvalue weighted by molar-refractivity contribution is 5.85. The Morgan fingerprint density at radius 2 is 1.95 bits per heavy atom. The smallest absolute Gasteiger partial charge is 0.120 e. The molecule has 0 radical (unpaired) electrons. The third kappa shape index (κ3) is 4.63. The largest absolute Gasteiger partial charge is 0.342 e. The molecule has 1 aliphatic rings. The molecule has 0 aromatic carbocycles. The van der Waals surface area contributed by atoms with Crippen molar-refractivity contribution in [3.8, 4) is 6.07 Å². The van der Waals surface area contributed by atoms with Gasteiger partial charge in [-0.2, -0.15) is 5.26 Å². The standard InChI is InChI=1S/C16H26N4.2ClH/c1-12(2)15-10-20(11-16(15)18(3)4)9-13-6-14(7-17)19(5)8-13;;/h6,8,12,15-16H,9-11H2,1-5H3;2*1H/t15-,16+;;/m1../s1. The summed E-state index contributed by atoms with van der Waals surface area (Å²) < 4.78 is 1.91. The van der Waals surface area contributed by atoms with E-state index in [0.29, 0.717) is 12.0 Å². The second-order valence-electron chi connectivity index (χ2n) is 6.59. The number of rotatable bonds is 4. The third-order valence-electron chi connectivity index (χ3n) is 4.51. The molecule has 1 aromatic heterocycles. The summed E-state index contributed by atoms with van der Waals surface area (Å²) in [6.45, 7) is 7.86. The number of nitrogens with zero attached hydrogens (tertiary/aromatic N) is 4. The van der Waals surface area contributed by atoms with Crippen LogP contribution >= 0.6 is 24.8 Å². The summed E-state index contributed by atoms with van der Waals surface area (Å²) in [5, 5.41) is 9.03. The lowest BCUT2D eigenvalue weighted by molar-refractivity contribution is 0.215. The maximum atomic E-state index is 9.03. The predicted octanol–water partition coefficient (Wildman–Crippen LogP) is 2.76. The zero-order valence-electron chi connectivity index (χ0n) is 14.1. The SMILES string of the molecule is CC(C)[C@H]1CN(Cc2cc(C#N)n(C)c2)C[C@@H]1N(C)C.Cl.Cl. The van der Waals surface area contributed by atoms with Crippen molar-refractivity contribution >= 4 is 24.8 Å². The van der Waals surface area contributed by atoms with E-state index in [1.807, 2.05) is 17.7 Å². The molecular weight excluding hydrogens is 319 g/mol. The van der Waals surface area contributed by atoms with Crippen molar-refractivity contribution in [2.75, 3.05) is 27.2 Å². The number of nitriles is 1. The Kier molecular flexibility index (Phi) is 8.49. The maximum absolute atomic E-state index is 9.03. The van der Waals surface area contributed by atoms with Crippen molar-refractivity contribution in [1.82, 2.24) is 14.4 Å². The number of likely N-dealkylation sites (tertiary alicyclic amines) is 1. The minimum atomic E-state index is 0. The molecule has 1 aliphatic heterocycles. The van der Waals surface area contributed by atoms with Crippen LogP contribution in [0.2, 0.25) is 0 Å². The molecule has 0 aliphatic carbocycles. The highest BCUT2D eigenvalue weighted by atomic mass is 35.5. The summed E-state index contributed by atoms with van der Waals surface area (Å²) in [7, 11) is 6.30. The average Bonchev–Trinajstić information content (AvgIpc) is 2.93. The van der Waals surface area contributed by atoms with Crippen molar-refractivity contribution < 1.29 is 0 Å². The molecule has 2 atom stereocenters. The van der Waals surface area contributed by atoms with Gasteiger partial charge < -0.3 is 9.47 Å². The molecule has 0 spiro atoms. The van der Waals surface area contributed by atoms with Gasteiger partial charge in [0.05, 0.1) is 0 Å². The Hall–Kier alpha value is -0.730. The van der Waals surface area contributed by atoms with Gasteiger partial charge in [0.1, 0.15) is 11.8 Å². The van der Waals surface area contributed by atoms with E-state index in [9.17, 15) is 0 Å². The lowest BCUT2D eigenvalue weighted by Crippen LogP contribution is -2.37. The van der Waals surface area contributed by atoms with Crippen LogP contribution in [0.15, 0.2) is 12.3 Å². The molecule has 2 heterocycles. The van der Waals surface area contributed by atoms with E-state index in [2.05, 4.69) is 50.0 Å². The van der Waals surface area contributed by atoms with E-state index >= 15 is 0 Å². The molecule has 1 saturated heterocycles. The van der Waals surface area contributed by atoms with Gasteiger partial charge in [-0.1, -0.05) is 13.8 Å². The van der Waals surface area contributed by atoms with Crippen molar-refractivity contribution in [3.63, 3.8) is 0 Å². The molecule has 0 amide bonds. The number of likely N-dealkylation sites (N-methyl/N-ethyl adjacent to an activating group) is 1. The second kappa shape index (κ2) is 8.79. The van der Waals surface area contributed by atoms with Gasteiger partial charge in [0.15, 0.2) is 0 Å². The van der Waals surface area contributed by atoms with Crippen LogP contribution in [0.4, 0.5) is 0 Å². The molecule has 0 N–H and O–H groups in total. The summed E-state index contributed by atoms with van der Waals surface area (Å²) >= 11 is 0. The molecule has 126 valence electrons. The van der Waals surface area contributed by atoms with Crippen molar-refractivity contribution in [2.24, 2.45) is 18.9 Å². The molecule has 0 unspecified atom stereocenters. The van der Waals surface area contributed by atoms with Gasteiger partial charge in [0.2, 0.25) is 0 Å². The quantitative estimate of drug-likeness (QED) is 0.840. The summed E-state index contributed by atoms with van der Waals surface area (Å²) in [6, 6.07) is 4.87. The van der Waals surface area contributed by atoms with Crippen LogP contribution in [0.3, 0.4) is 0 Å². The molecule has 2 rings (SSSR count). The zero-order chi connectivity index (χ0) is 14.9. The van der Waals surface area contributed by atoms with Gasteiger partial charge in [-0.25, -0.2) is 0 Å². The van der Waals surface area contributed by atoms with Crippen molar-refractivity contribution in [3.05, 3.63) is 23.5 Å². The van der Waals surface area contributed by atoms with Gasteiger partial charge in [-0.3, -0.25) is 4.90 Å². The van der Waals surface area contributed by atoms with Crippen LogP contribution < -0.4 is 0 Å². The van der Waals surface area contributed by atoms with E-state index in [1.165, 1.54) is 5.56 Å². The molecule has 4 nitrogen and oxygen atoms in total. The molecular formula is C16H28Cl2N4. The minimum absolute atomic E-state index is 0. The van der Waals surface area contributed by atoms with E-state index in [0.717, 1.165) is 31.2 Å². The highest BCUT2D eigenvalue weighted by Crippen LogP contribution is 2.28. The first-order valence-corrected chi connectivity index (χ1v) is 7.36. The van der Waals surface area contributed by atoms with Crippen LogP contribution in [-0.4, -0.2) is 47.6 Å². The fraction of sp³-hybridized carbons (Fsp3) is 0.688. The summed E-state index contributed by atoms with van der Waals surface area (Å²) in [5.41, 5.74) is 1.98. The molecule has 6 heteroatoms. The Morgan fingerprint density at radius 1 is 1.32 bits per heavy atom. The summed E-state index contributed by atoms with van der Waals surface area (Å²) in [4.78, 5) is 4.88. The van der Waals surface area contributed by atoms with Gasteiger partial charge in [-0.05, 0) is 37.6 Å². The van der Waals surface area contributed by atoms with Gasteiger partial charge in [0.25, 0.3) is 0 Å². The second-order valence-corrected chi connectivity index (χ2v) is 6.59. The zero-order valence-corrected chi connectivity index (χ0v) is 15.7. The maximum Gasteiger partial charge on any atom is 0.120 e. The van der Waals surface area contributed by atoms with E-state index < -0.39 is 0 Å². The number of aromatic nitrogens is 1. The fourth-order valence-corrected chi connectivity index (χ4v) is 3.31. The minimum Gasteiger partial charge on any atom is -0.342 e. The van der Waals surface area contributed by atoms with Crippen molar-refractivity contribution in [2.45, 2.75) is 26.4 Å². The normalized spacial score (nSPS) is 21.5. The molecule has 22 heavy (non-hydrogen) atoms. The molecule has 1 aromatic rings. The first-order valence-electron chi connectivity index (χ1n) is 7.36. The molecule has 0 saturated carbocycles. The lowest BCUT2D eigenvalue weighted by Gasteiger charge is -2.27. The number of hydrogen-bond donors (Lipinski definition) is 0. The van der Waals surface area contributed by atoms with Crippen LogP contribution in [0.25, 0.3) is 0 Å². The van der Waals surface area contributed by atoms with Crippen LogP contribution in [0.5, 0.6) is 0 Å². The topological polar surface area (TPSA) is 35.2 Å². The number of halogens is 2. The number of hydrogen-bond acceptors (Lipinski definition) is 3. The Bertz CT molecular complexity index is 489. The first kappa shape index (κ1) is 21.3. The third-order valence-corrected chi connectivity index (χ3v) is 4.51. The average molecular weight is 347 g/mol. The fourth-order valence-electron chi connectivity index (χ4n) is 3.31. The summed E-state index contributed by atoms with van der Waals surface area (Å²) in [6.07, 6.45) is 2.08. The Morgan fingerprint density at radius 3 is 2.36 bits per heavy atom. The van der Waals surface area contributed by atoms with Crippen LogP contribution in [0, 0.1) is 23.2 Å². The highest BCUT2D eigenvalue weighted by Gasteiger charge is 2.35. The lowest BCUT2D eigenvalue weighted by atomic mass is 9.91.